The topological polar surface area (TPSA) is 0 Å². The molecule has 2 rings (SSSR count). The molecule has 0 amide bonds. The molecule has 88 valence electrons. The zero-order valence-electron chi connectivity index (χ0n) is 10.8. The van der Waals surface area contributed by atoms with Crippen LogP contribution in [0.1, 0.15) is 59.3 Å². The standard InChI is InChI=1S/C14H27N/c1-4-15(5-2)12(3)10-11-13-8-6-7-9-14(13)15/h12-13H,4-11H2,1-3H3. The number of quaternary nitrogens is 1. The Morgan fingerprint density at radius 2 is 1.80 bits per heavy atom. The molecule has 0 aromatic heterocycles. The monoisotopic (exact) mass is 209 g/mol. The summed E-state index contributed by atoms with van der Waals surface area (Å²) in [5, 5.41) is 0. The molecule has 0 N–H and O–H groups in total. The fourth-order valence-corrected chi connectivity index (χ4v) is 4.19. The Balaban J connectivity index is 2.22. The molecule has 1 aliphatic heterocycles. The van der Waals surface area contributed by atoms with Gasteiger partial charge in [-0.15, -0.1) is 18.4 Å². The predicted molar refractivity (Wildman–Crippen MR) is 65.2 cm³/mol. The first-order valence-corrected chi connectivity index (χ1v) is 6.97. The third kappa shape index (κ3) is 1.73. The Kier molecular flexibility index (Phi) is 3.39. The number of hydrogen-bond donors (Lipinski definition) is 0. The lowest BCUT2D eigenvalue weighted by Crippen LogP contribution is -2.61. The molecule has 0 spiro atoms. The largest absolute Gasteiger partial charge is 0.450 e. The lowest BCUT2D eigenvalue weighted by molar-refractivity contribution is -0.944. The highest BCUT2D eigenvalue weighted by Crippen LogP contribution is 2.47. The van der Waals surface area contributed by atoms with E-state index in [1.54, 1.807) is 0 Å². The highest BCUT2D eigenvalue weighted by atomic mass is 15.4. The van der Waals surface area contributed by atoms with Crippen molar-refractivity contribution in [1.29, 1.82) is 0 Å². The molecule has 2 unspecified atom stereocenters. The van der Waals surface area contributed by atoms with Crippen molar-refractivity contribution in [2.45, 2.75) is 65.3 Å². The van der Waals surface area contributed by atoms with E-state index in [0.717, 1.165) is 12.0 Å². The third-order valence-corrected chi connectivity index (χ3v) is 5.18. The summed E-state index contributed by atoms with van der Waals surface area (Å²) in [6.45, 7) is 9.91. The minimum Gasteiger partial charge on any atom is -0.450 e. The van der Waals surface area contributed by atoms with E-state index in [1.165, 1.54) is 56.1 Å². The van der Waals surface area contributed by atoms with Gasteiger partial charge in [-0.2, -0.15) is 0 Å². The van der Waals surface area contributed by atoms with Crippen molar-refractivity contribution in [3.05, 3.63) is 6.04 Å². The van der Waals surface area contributed by atoms with Crippen LogP contribution < -0.4 is 0 Å². The van der Waals surface area contributed by atoms with E-state index in [4.69, 9.17) is 0 Å². The Morgan fingerprint density at radius 3 is 2.47 bits per heavy atom. The van der Waals surface area contributed by atoms with Gasteiger partial charge in [0.1, 0.15) is 0 Å². The first kappa shape index (κ1) is 11.4. The van der Waals surface area contributed by atoms with Crippen LogP contribution in [0.25, 0.3) is 0 Å². The molecule has 1 saturated heterocycles. The molecular formula is C14H27N. The van der Waals surface area contributed by atoms with Gasteiger partial charge in [0.05, 0.1) is 19.1 Å². The molecule has 1 heteroatoms. The van der Waals surface area contributed by atoms with E-state index in [2.05, 4.69) is 20.8 Å². The van der Waals surface area contributed by atoms with Gasteiger partial charge >= 0.3 is 0 Å². The molecule has 0 aromatic carbocycles. The SMILES string of the molecule is CC[N+]1(CC)[C-]2CCCCC2CCC1C. The summed E-state index contributed by atoms with van der Waals surface area (Å²) in [4.78, 5) is 0. The van der Waals surface area contributed by atoms with Crippen molar-refractivity contribution in [1.82, 2.24) is 0 Å². The van der Waals surface area contributed by atoms with E-state index in [0.29, 0.717) is 0 Å². The van der Waals surface area contributed by atoms with Crippen LogP contribution in [0.4, 0.5) is 0 Å². The van der Waals surface area contributed by atoms with Gasteiger partial charge in [0.25, 0.3) is 0 Å². The van der Waals surface area contributed by atoms with Crippen LogP contribution >= 0.6 is 0 Å². The van der Waals surface area contributed by atoms with Crippen LogP contribution in [0.5, 0.6) is 0 Å². The summed E-state index contributed by atoms with van der Waals surface area (Å²) >= 11 is 0. The second kappa shape index (κ2) is 4.45. The molecule has 1 aliphatic carbocycles. The van der Waals surface area contributed by atoms with Gasteiger partial charge in [0, 0.05) is 0 Å². The maximum atomic E-state index is 2.48. The van der Waals surface area contributed by atoms with Gasteiger partial charge < -0.3 is 4.48 Å². The van der Waals surface area contributed by atoms with Crippen LogP contribution in [0.15, 0.2) is 0 Å². The normalized spacial score (nSPS) is 36.2. The summed E-state index contributed by atoms with van der Waals surface area (Å²) in [5.74, 6) is 0.981. The fraction of sp³-hybridized carbons (Fsp3) is 0.929. The maximum Gasteiger partial charge on any atom is 0.0624 e. The maximum absolute atomic E-state index is 2.48. The number of piperidine rings is 1. The molecule has 2 aliphatic rings. The van der Waals surface area contributed by atoms with Crippen molar-refractivity contribution < 1.29 is 4.48 Å². The molecule has 1 nitrogen and oxygen atoms in total. The minimum atomic E-state index is 0.879. The van der Waals surface area contributed by atoms with E-state index in [-0.39, 0.29) is 0 Å². The molecule has 2 atom stereocenters. The summed E-state index contributed by atoms with van der Waals surface area (Å²) in [6, 6.07) is 2.80. The number of fused-ring (bicyclic) bond motifs is 1. The summed E-state index contributed by atoms with van der Waals surface area (Å²) in [5.41, 5.74) is 0. The van der Waals surface area contributed by atoms with Gasteiger partial charge in [0.15, 0.2) is 0 Å². The smallest absolute Gasteiger partial charge is 0.0624 e. The zero-order chi connectivity index (χ0) is 10.9. The van der Waals surface area contributed by atoms with Crippen LogP contribution in [0.3, 0.4) is 0 Å². The Hall–Kier alpha value is -0.0400. The molecule has 0 aromatic rings. The molecule has 2 fully saturated rings. The van der Waals surface area contributed by atoms with Crippen LogP contribution in [0.2, 0.25) is 0 Å². The summed E-state index contributed by atoms with van der Waals surface area (Å²) < 4.78 is 1.35. The first-order chi connectivity index (χ1) is 7.24. The van der Waals surface area contributed by atoms with Crippen molar-refractivity contribution in [2.75, 3.05) is 13.1 Å². The fourth-order valence-electron chi connectivity index (χ4n) is 4.19. The zero-order valence-corrected chi connectivity index (χ0v) is 10.8. The van der Waals surface area contributed by atoms with E-state index < -0.39 is 0 Å². The Bertz CT molecular complexity index is 207. The molecule has 0 bridgehead atoms. The Morgan fingerprint density at radius 1 is 1.07 bits per heavy atom. The van der Waals surface area contributed by atoms with Crippen LogP contribution in [-0.4, -0.2) is 23.6 Å². The summed E-state index contributed by atoms with van der Waals surface area (Å²) in [6.07, 6.45) is 8.79. The summed E-state index contributed by atoms with van der Waals surface area (Å²) in [7, 11) is 0. The van der Waals surface area contributed by atoms with Crippen molar-refractivity contribution in [2.24, 2.45) is 5.92 Å². The van der Waals surface area contributed by atoms with Gasteiger partial charge in [-0.05, 0) is 27.2 Å². The van der Waals surface area contributed by atoms with Crippen LogP contribution in [0, 0.1) is 12.0 Å². The van der Waals surface area contributed by atoms with Crippen molar-refractivity contribution >= 4 is 0 Å². The minimum absolute atomic E-state index is 0.879. The van der Waals surface area contributed by atoms with E-state index in [1.807, 2.05) is 6.04 Å². The Labute approximate surface area is 95.4 Å². The van der Waals surface area contributed by atoms with E-state index >= 15 is 0 Å². The lowest BCUT2D eigenvalue weighted by Gasteiger charge is -2.65. The van der Waals surface area contributed by atoms with Gasteiger partial charge in [0.2, 0.25) is 0 Å². The van der Waals surface area contributed by atoms with Crippen molar-refractivity contribution in [3.63, 3.8) is 0 Å². The molecular weight excluding hydrogens is 182 g/mol. The second-order valence-electron chi connectivity index (χ2n) is 5.53. The van der Waals surface area contributed by atoms with E-state index in [9.17, 15) is 0 Å². The third-order valence-electron chi connectivity index (χ3n) is 5.18. The average Bonchev–Trinajstić information content (AvgIpc) is 2.30. The quantitative estimate of drug-likeness (QED) is 0.480. The van der Waals surface area contributed by atoms with Crippen LogP contribution in [-0.2, 0) is 0 Å². The number of likely N-dealkylation sites (tertiary alicyclic amines) is 1. The second-order valence-corrected chi connectivity index (χ2v) is 5.53. The lowest BCUT2D eigenvalue weighted by atomic mass is 9.74. The molecule has 0 radical (unpaired) electrons. The molecule has 1 heterocycles. The highest BCUT2D eigenvalue weighted by molar-refractivity contribution is 4.96. The predicted octanol–water partition coefficient (Wildman–Crippen LogP) is 3.75. The number of rotatable bonds is 2. The highest BCUT2D eigenvalue weighted by Gasteiger charge is 2.38. The first-order valence-electron chi connectivity index (χ1n) is 6.97. The molecule has 15 heavy (non-hydrogen) atoms. The van der Waals surface area contributed by atoms with Gasteiger partial charge in [-0.25, -0.2) is 0 Å². The van der Waals surface area contributed by atoms with Crippen molar-refractivity contribution in [3.8, 4) is 0 Å². The van der Waals surface area contributed by atoms with Gasteiger partial charge in [-0.3, -0.25) is 0 Å². The molecule has 1 saturated carbocycles. The van der Waals surface area contributed by atoms with Gasteiger partial charge in [-0.1, -0.05) is 25.7 Å². The number of hydrogen-bond acceptors (Lipinski definition) is 0. The number of nitrogens with zero attached hydrogens (tertiary/aromatic N) is 1. The average molecular weight is 209 g/mol.